The molecule has 0 aliphatic rings. The molecule has 2 N–H and O–H groups in total. The Labute approximate surface area is 118 Å². The Hall–Kier alpha value is -0.813. The van der Waals surface area contributed by atoms with E-state index in [0.717, 1.165) is 28.3 Å². The van der Waals surface area contributed by atoms with Crippen molar-refractivity contribution in [1.29, 1.82) is 0 Å². The number of hydrogen-bond acceptors (Lipinski definition) is 2. The zero-order valence-corrected chi connectivity index (χ0v) is 13.9. The maximum Gasteiger partial charge on any atom is 0.248 e. The van der Waals surface area contributed by atoms with Gasteiger partial charge in [-0.25, -0.2) is 0 Å². The minimum absolute atomic E-state index is 0.359. The summed E-state index contributed by atoms with van der Waals surface area (Å²) in [6.45, 7) is 6.57. The average Bonchev–Trinajstić information content (AvgIpc) is 2.27. The largest absolute Gasteiger partial charge is 0.497 e. The molecule has 1 aromatic carbocycles. The topological polar surface area (TPSA) is 52.3 Å². The van der Waals surface area contributed by atoms with E-state index in [1.165, 1.54) is 0 Å². The molecule has 5 heteroatoms. The van der Waals surface area contributed by atoms with Gasteiger partial charge in [-0.1, -0.05) is 41.6 Å². The van der Waals surface area contributed by atoms with E-state index in [9.17, 15) is 4.79 Å². The summed E-state index contributed by atoms with van der Waals surface area (Å²) in [6.07, 6.45) is 0.791. The van der Waals surface area contributed by atoms with Gasteiger partial charge in [0.05, 0.1) is 15.2 Å². The number of hydrogen-bond donors (Lipinski definition) is 1. The molecule has 1 aromatic rings. The Morgan fingerprint density at radius 1 is 1.39 bits per heavy atom. The molecule has 0 heterocycles. The van der Waals surface area contributed by atoms with E-state index >= 15 is 0 Å². The van der Waals surface area contributed by atoms with Crippen molar-refractivity contribution in [1.82, 2.24) is 0 Å². The number of nitrogens with two attached hydrogens (primary N) is 1. The van der Waals surface area contributed by atoms with Gasteiger partial charge >= 0.3 is 0 Å². The van der Waals surface area contributed by atoms with Gasteiger partial charge in [0.15, 0.2) is 0 Å². The molecule has 0 aliphatic carbocycles. The molecule has 0 bridgehead atoms. The number of methoxy groups -OCH3 is 1. The van der Waals surface area contributed by atoms with Gasteiger partial charge in [-0.2, -0.15) is 0 Å². The molecule has 3 nitrogen and oxygen atoms in total. The number of primary amides is 1. The highest BCUT2D eigenvalue weighted by Gasteiger charge is 2.28. The first-order chi connectivity index (χ1) is 8.32. The Morgan fingerprint density at radius 2 is 2.00 bits per heavy atom. The van der Waals surface area contributed by atoms with Gasteiger partial charge in [-0.05, 0) is 23.2 Å². The second kappa shape index (κ2) is 5.89. The Morgan fingerprint density at radius 3 is 2.39 bits per heavy atom. The van der Waals surface area contributed by atoms with Crippen LogP contribution in [0, 0.1) is 0 Å². The molecule has 0 radical (unpaired) electrons. The SMILES string of the molecule is COc1ccc(CCBr)c(C(N)=O)c1[Si](C)(C)C. The third kappa shape index (κ3) is 3.14. The number of amides is 1. The van der Waals surface area contributed by atoms with Crippen LogP contribution < -0.4 is 15.7 Å². The second-order valence-corrected chi connectivity index (χ2v) is 11.0. The van der Waals surface area contributed by atoms with Gasteiger partial charge in [0.25, 0.3) is 0 Å². The highest BCUT2D eigenvalue weighted by Crippen LogP contribution is 2.21. The molecular weight excluding hydrogens is 310 g/mol. The zero-order chi connectivity index (χ0) is 13.9. The van der Waals surface area contributed by atoms with Crippen molar-refractivity contribution >= 4 is 35.1 Å². The Balaban J connectivity index is 3.59. The van der Waals surface area contributed by atoms with Crippen LogP contribution in [-0.4, -0.2) is 26.4 Å². The monoisotopic (exact) mass is 329 g/mol. The standard InChI is InChI=1S/C13H20BrNO2Si/c1-17-10-6-5-9(7-8-14)11(13(15)16)12(10)18(2,3)4/h5-6H,7-8H2,1-4H3,(H2,15,16). The fraction of sp³-hybridized carbons (Fsp3) is 0.462. The van der Waals surface area contributed by atoms with Crippen molar-refractivity contribution in [3.8, 4) is 5.75 Å². The molecule has 0 atom stereocenters. The van der Waals surface area contributed by atoms with Crippen LogP contribution >= 0.6 is 15.9 Å². The molecule has 0 fully saturated rings. The lowest BCUT2D eigenvalue weighted by atomic mass is 10.0. The number of carbonyl (C=O) groups excluding carboxylic acids is 1. The van der Waals surface area contributed by atoms with E-state index in [1.807, 2.05) is 12.1 Å². The summed E-state index contributed by atoms with van der Waals surface area (Å²) in [4.78, 5) is 11.8. The first-order valence-corrected chi connectivity index (χ1v) is 10.5. The molecule has 100 valence electrons. The summed E-state index contributed by atoms with van der Waals surface area (Å²) in [5.74, 6) is 0.420. The number of alkyl halides is 1. The average molecular weight is 330 g/mol. The highest BCUT2D eigenvalue weighted by atomic mass is 79.9. The molecule has 1 rings (SSSR count). The number of halogens is 1. The van der Waals surface area contributed by atoms with Gasteiger partial charge in [-0.3, -0.25) is 4.79 Å². The maximum absolute atomic E-state index is 11.8. The molecule has 0 saturated carbocycles. The van der Waals surface area contributed by atoms with E-state index in [1.54, 1.807) is 7.11 Å². The van der Waals surface area contributed by atoms with Crippen molar-refractivity contribution in [3.63, 3.8) is 0 Å². The van der Waals surface area contributed by atoms with Crippen LogP contribution in [0.1, 0.15) is 15.9 Å². The van der Waals surface area contributed by atoms with Gasteiger partial charge in [0, 0.05) is 10.9 Å². The van der Waals surface area contributed by atoms with Crippen LogP contribution in [0.4, 0.5) is 0 Å². The second-order valence-electron chi connectivity index (χ2n) is 5.23. The van der Waals surface area contributed by atoms with Crippen LogP contribution in [0.25, 0.3) is 0 Å². The van der Waals surface area contributed by atoms with E-state index in [0.29, 0.717) is 5.56 Å². The fourth-order valence-corrected chi connectivity index (χ4v) is 4.52. The quantitative estimate of drug-likeness (QED) is 0.665. The third-order valence-electron chi connectivity index (χ3n) is 2.83. The van der Waals surface area contributed by atoms with Gasteiger partial charge in [0.2, 0.25) is 5.91 Å². The minimum atomic E-state index is -1.71. The van der Waals surface area contributed by atoms with Crippen molar-refractivity contribution in [2.45, 2.75) is 26.1 Å². The van der Waals surface area contributed by atoms with E-state index < -0.39 is 8.07 Å². The van der Waals surface area contributed by atoms with Crippen LogP contribution in [-0.2, 0) is 6.42 Å². The van der Waals surface area contributed by atoms with E-state index in [-0.39, 0.29) is 5.91 Å². The molecule has 0 unspecified atom stereocenters. The highest BCUT2D eigenvalue weighted by molar-refractivity contribution is 9.09. The van der Waals surface area contributed by atoms with Crippen LogP contribution in [0.3, 0.4) is 0 Å². The summed E-state index contributed by atoms with van der Waals surface area (Å²) in [6, 6.07) is 3.88. The van der Waals surface area contributed by atoms with Crippen molar-refractivity contribution in [2.75, 3.05) is 12.4 Å². The molecule has 0 saturated heterocycles. The predicted molar refractivity (Wildman–Crippen MR) is 82.0 cm³/mol. The molecule has 0 aromatic heterocycles. The van der Waals surface area contributed by atoms with Gasteiger partial charge < -0.3 is 10.5 Å². The lowest BCUT2D eigenvalue weighted by Crippen LogP contribution is -2.44. The zero-order valence-electron chi connectivity index (χ0n) is 11.3. The molecule has 1 amide bonds. The molecule has 0 aliphatic heterocycles. The van der Waals surface area contributed by atoms with Gasteiger partial charge in [-0.15, -0.1) is 0 Å². The first-order valence-electron chi connectivity index (χ1n) is 5.89. The maximum atomic E-state index is 11.8. The summed E-state index contributed by atoms with van der Waals surface area (Å²) in [7, 11) is -0.0749. The smallest absolute Gasteiger partial charge is 0.248 e. The lowest BCUT2D eigenvalue weighted by Gasteiger charge is -2.24. The molecule has 18 heavy (non-hydrogen) atoms. The summed E-state index contributed by atoms with van der Waals surface area (Å²) < 4.78 is 5.41. The number of benzene rings is 1. The normalized spacial score (nSPS) is 11.4. The number of rotatable bonds is 5. The molecular formula is C13H20BrNO2Si. The number of carbonyl (C=O) groups is 1. The molecule has 0 spiro atoms. The third-order valence-corrected chi connectivity index (χ3v) is 5.23. The van der Waals surface area contributed by atoms with Crippen LogP contribution in [0.15, 0.2) is 12.1 Å². The Kier molecular flexibility index (Phi) is 4.98. The lowest BCUT2D eigenvalue weighted by molar-refractivity contribution is 0.1000. The van der Waals surface area contributed by atoms with Crippen molar-refractivity contribution in [2.24, 2.45) is 5.73 Å². The first kappa shape index (κ1) is 15.2. The van der Waals surface area contributed by atoms with Gasteiger partial charge in [0.1, 0.15) is 5.75 Å². The Bertz CT molecular complexity index is 455. The van der Waals surface area contributed by atoms with Crippen LogP contribution in [0.2, 0.25) is 19.6 Å². The number of ether oxygens (including phenoxy) is 1. The van der Waals surface area contributed by atoms with Crippen LogP contribution in [0.5, 0.6) is 5.75 Å². The summed E-state index contributed by atoms with van der Waals surface area (Å²) in [5.41, 5.74) is 7.24. The van der Waals surface area contributed by atoms with E-state index in [2.05, 4.69) is 35.6 Å². The number of aryl methyl sites for hydroxylation is 1. The minimum Gasteiger partial charge on any atom is -0.497 e. The summed E-state index contributed by atoms with van der Waals surface area (Å²) in [5, 5.41) is 1.83. The van der Waals surface area contributed by atoms with Crippen molar-refractivity contribution < 1.29 is 9.53 Å². The predicted octanol–water partition coefficient (Wildman–Crippen LogP) is 2.28. The summed E-state index contributed by atoms with van der Waals surface area (Å²) >= 11 is 3.41. The fourth-order valence-electron chi connectivity index (χ4n) is 2.13. The van der Waals surface area contributed by atoms with Crippen molar-refractivity contribution in [3.05, 3.63) is 23.3 Å². The van der Waals surface area contributed by atoms with E-state index in [4.69, 9.17) is 10.5 Å².